The van der Waals surface area contributed by atoms with Crippen LogP contribution in [0.3, 0.4) is 0 Å². The van der Waals surface area contributed by atoms with Gasteiger partial charge in [-0.15, -0.1) is 13.2 Å². The van der Waals surface area contributed by atoms with Crippen LogP contribution in [0.4, 0.5) is 13.2 Å². The second-order valence-electron chi connectivity index (χ2n) is 3.55. The summed E-state index contributed by atoms with van der Waals surface area (Å²) in [6.07, 6.45) is -4.82. The molecule has 2 rings (SSSR count). The van der Waals surface area contributed by atoms with E-state index in [1.54, 1.807) is 0 Å². The maximum atomic E-state index is 12.3. The van der Waals surface area contributed by atoms with Crippen molar-refractivity contribution in [1.82, 2.24) is 0 Å². The fourth-order valence-electron chi connectivity index (χ4n) is 1.57. The second kappa shape index (κ2) is 4.93. The number of ether oxygens (including phenoxy) is 1. The van der Waals surface area contributed by atoms with Gasteiger partial charge in [-0.2, -0.15) is 11.3 Å². The minimum absolute atomic E-state index is 0.0526. The molecule has 0 aliphatic rings. The maximum absolute atomic E-state index is 12.3. The van der Waals surface area contributed by atoms with Crippen molar-refractivity contribution in [3.05, 3.63) is 40.6 Å². The molecule has 1 heterocycles. The lowest BCUT2D eigenvalue weighted by Gasteiger charge is -2.12. The van der Waals surface area contributed by atoms with Gasteiger partial charge in [-0.25, -0.2) is 4.79 Å². The Hall–Kier alpha value is -2.02. The minimum Gasteiger partial charge on any atom is -0.478 e. The molecule has 7 heteroatoms. The molecule has 2 aromatic rings. The Morgan fingerprint density at radius 2 is 1.84 bits per heavy atom. The van der Waals surface area contributed by atoms with E-state index in [1.807, 2.05) is 0 Å². The predicted octanol–water partition coefficient (Wildman–Crippen LogP) is 4.01. The van der Waals surface area contributed by atoms with Gasteiger partial charge in [0.1, 0.15) is 5.75 Å². The maximum Gasteiger partial charge on any atom is 0.573 e. The Labute approximate surface area is 109 Å². The van der Waals surface area contributed by atoms with Crippen LogP contribution in [-0.4, -0.2) is 17.4 Å². The summed E-state index contributed by atoms with van der Waals surface area (Å²) in [5.74, 6) is -1.62. The van der Waals surface area contributed by atoms with Crippen LogP contribution in [-0.2, 0) is 0 Å². The Morgan fingerprint density at radius 3 is 2.47 bits per heavy atom. The van der Waals surface area contributed by atoms with Crippen LogP contribution < -0.4 is 4.74 Å². The molecule has 0 aliphatic heterocycles. The first-order valence-electron chi connectivity index (χ1n) is 5.03. The van der Waals surface area contributed by atoms with E-state index in [0.29, 0.717) is 0 Å². The Morgan fingerprint density at radius 1 is 1.16 bits per heavy atom. The van der Waals surface area contributed by atoms with Crippen molar-refractivity contribution < 1.29 is 27.8 Å². The van der Waals surface area contributed by atoms with E-state index in [9.17, 15) is 18.0 Å². The summed E-state index contributed by atoms with van der Waals surface area (Å²) in [4.78, 5) is 11.0. The molecule has 0 saturated carbocycles. The highest BCUT2D eigenvalue weighted by Gasteiger charge is 2.32. The van der Waals surface area contributed by atoms with Crippen molar-refractivity contribution in [2.45, 2.75) is 6.36 Å². The third kappa shape index (κ3) is 3.05. The lowest BCUT2D eigenvalue weighted by molar-refractivity contribution is -0.274. The number of halogens is 3. The molecular formula is C12H7F3O3S. The standard InChI is InChI=1S/C12H7F3O3S/c13-12(14,15)18-10-4-2-1-3-7(10)8-5-19-6-9(8)11(16)17/h1-6H,(H,16,17). The van der Waals surface area contributed by atoms with Crippen LogP contribution in [0, 0.1) is 0 Å². The van der Waals surface area contributed by atoms with Crippen LogP contribution in [0.2, 0.25) is 0 Å². The van der Waals surface area contributed by atoms with Crippen LogP contribution in [0.5, 0.6) is 5.75 Å². The number of rotatable bonds is 3. The van der Waals surface area contributed by atoms with Gasteiger partial charge >= 0.3 is 12.3 Å². The molecule has 1 aromatic heterocycles. The molecule has 3 nitrogen and oxygen atoms in total. The number of para-hydroxylation sites is 1. The quantitative estimate of drug-likeness (QED) is 0.928. The molecular weight excluding hydrogens is 281 g/mol. The van der Waals surface area contributed by atoms with Gasteiger partial charge in [0, 0.05) is 16.5 Å². The van der Waals surface area contributed by atoms with Crippen LogP contribution in [0.15, 0.2) is 35.0 Å². The average molecular weight is 288 g/mol. The van der Waals surface area contributed by atoms with E-state index in [2.05, 4.69) is 4.74 Å². The van der Waals surface area contributed by atoms with Gasteiger partial charge in [-0.05, 0) is 11.4 Å². The number of thiophene rings is 1. The molecule has 0 bridgehead atoms. The zero-order chi connectivity index (χ0) is 14.0. The van der Waals surface area contributed by atoms with Crippen LogP contribution in [0.25, 0.3) is 11.1 Å². The number of benzene rings is 1. The molecule has 0 atom stereocenters. The molecule has 0 unspecified atom stereocenters. The molecule has 19 heavy (non-hydrogen) atoms. The van der Waals surface area contributed by atoms with Gasteiger partial charge in [-0.3, -0.25) is 0 Å². The van der Waals surface area contributed by atoms with Crippen molar-refractivity contribution in [2.24, 2.45) is 0 Å². The van der Waals surface area contributed by atoms with Crippen molar-refractivity contribution >= 4 is 17.3 Å². The average Bonchev–Trinajstić information content (AvgIpc) is 2.76. The molecule has 1 N–H and O–H groups in total. The zero-order valence-corrected chi connectivity index (χ0v) is 10.1. The van der Waals surface area contributed by atoms with E-state index in [-0.39, 0.29) is 16.7 Å². The Kier molecular flexibility index (Phi) is 3.48. The lowest BCUT2D eigenvalue weighted by atomic mass is 10.0. The number of hydrogen-bond donors (Lipinski definition) is 1. The van der Waals surface area contributed by atoms with E-state index in [1.165, 1.54) is 29.0 Å². The van der Waals surface area contributed by atoms with Gasteiger partial charge in [0.2, 0.25) is 0 Å². The largest absolute Gasteiger partial charge is 0.573 e. The normalized spacial score (nSPS) is 11.3. The topological polar surface area (TPSA) is 46.5 Å². The summed E-state index contributed by atoms with van der Waals surface area (Å²) in [5.41, 5.74) is 0.249. The third-order valence-electron chi connectivity index (χ3n) is 2.30. The number of carboxylic acid groups (broad SMARTS) is 1. The summed E-state index contributed by atoms with van der Waals surface area (Å²) in [7, 11) is 0. The SMILES string of the molecule is O=C(O)c1cscc1-c1ccccc1OC(F)(F)F. The van der Waals surface area contributed by atoms with Gasteiger partial charge in [0.05, 0.1) is 5.56 Å². The zero-order valence-electron chi connectivity index (χ0n) is 9.27. The highest BCUT2D eigenvalue weighted by Crippen LogP contribution is 2.36. The summed E-state index contributed by atoms with van der Waals surface area (Å²) < 4.78 is 40.8. The van der Waals surface area contributed by atoms with E-state index >= 15 is 0 Å². The highest BCUT2D eigenvalue weighted by molar-refractivity contribution is 7.08. The van der Waals surface area contributed by atoms with E-state index < -0.39 is 18.1 Å². The molecule has 0 radical (unpaired) electrons. The van der Waals surface area contributed by atoms with E-state index in [0.717, 1.165) is 17.4 Å². The first-order chi connectivity index (χ1) is 8.88. The minimum atomic E-state index is -4.82. The van der Waals surface area contributed by atoms with Gasteiger partial charge in [0.25, 0.3) is 0 Å². The molecule has 0 aliphatic carbocycles. The fourth-order valence-corrected chi connectivity index (χ4v) is 2.40. The molecule has 0 fully saturated rings. The van der Waals surface area contributed by atoms with Crippen molar-refractivity contribution in [2.75, 3.05) is 0 Å². The number of carbonyl (C=O) groups is 1. The number of carboxylic acids is 1. The van der Waals surface area contributed by atoms with Crippen LogP contribution >= 0.6 is 11.3 Å². The van der Waals surface area contributed by atoms with E-state index in [4.69, 9.17) is 5.11 Å². The Balaban J connectivity index is 2.50. The van der Waals surface area contributed by atoms with Gasteiger partial charge in [-0.1, -0.05) is 18.2 Å². The number of hydrogen-bond acceptors (Lipinski definition) is 3. The second-order valence-corrected chi connectivity index (χ2v) is 4.29. The lowest BCUT2D eigenvalue weighted by Crippen LogP contribution is -2.17. The monoisotopic (exact) mass is 288 g/mol. The molecule has 0 amide bonds. The van der Waals surface area contributed by atoms with Crippen molar-refractivity contribution in [3.8, 4) is 16.9 Å². The first kappa shape index (κ1) is 13.4. The number of aromatic carboxylic acids is 1. The summed E-state index contributed by atoms with van der Waals surface area (Å²) in [5, 5.41) is 11.8. The smallest absolute Gasteiger partial charge is 0.478 e. The predicted molar refractivity (Wildman–Crippen MR) is 63.4 cm³/mol. The fraction of sp³-hybridized carbons (Fsp3) is 0.0833. The molecule has 100 valence electrons. The summed E-state index contributed by atoms with van der Waals surface area (Å²) >= 11 is 1.10. The van der Waals surface area contributed by atoms with Gasteiger partial charge in [0.15, 0.2) is 0 Å². The first-order valence-corrected chi connectivity index (χ1v) is 5.97. The van der Waals surface area contributed by atoms with Gasteiger partial charge < -0.3 is 9.84 Å². The number of alkyl halides is 3. The molecule has 0 spiro atoms. The third-order valence-corrected chi connectivity index (χ3v) is 3.04. The Bertz CT molecular complexity index is 604. The summed E-state index contributed by atoms with van der Waals surface area (Å²) in [6, 6.07) is 5.43. The van der Waals surface area contributed by atoms with Crippen LogP contribution in [0.1, 0.15) is 10.4 Å². The molecule has 0 saturated heterocycles. The highest BCUT2D eigenvalue weighted by atomic mass is 32.1. The van der Waals surface area contributed by atoms with Crippen molar-refractivity contribution in [3.63, 3.8) is 0 Å². The molecule has 1 aromatic carbocycles. The van der Waals surface area contributed by atoms with Crippen molar-refractivity contribution in [1.29, 1.82) is 0 Å². The summed E-state index contributed by atoms with van der Waals surface area (Å²) in [6.45, 7) is 0.